The normalized spacial score (nSPS) is 11.5. The molecule has 3 heteroatoms. The van der Waals surface area contributed by atoms with Crippen LogP contribution in [0.1, 0.15) is 52.7 Å². The van der Waals surface area contributed by atoms with Gasteiger partial charge in [0.05, 0.1) is 0 Å². The quantitative estimate of drug-likeness (QED) is 0.397. The minimum Gasteiger partial charge on any atom is -1.45 e. The van der Waals surface area contributed by atoms with Crippen molar-refractivity contribution in [1.29, 1.82) is 0 Å². The average Bonchev–Trinajstić information content (AvgIpc) is 2.00. The van der Waals surface area contributed by atoms with Crippen LogP contribution in [0.5, 0.6) is 0 Å². The maximum Gasteiger partial charge on any atom is 1.00 e. The molecular formula is C14H21K2P. The van der Waals surface area contributed by atoms with Gasteiger partial charge in [-0.25, -0.2) is 0 Å². The minimum atomic E-state index is 0. The third-order valence-corrected chi connectivity index (χ3v) is 3.06. The fraction of sp³-hybridized carbons (Fsp3) is 0.571. The molecule has 0 radical (unpaired) electrons. The van der Waals surface area contributed by atoms with Crippen LogP contribution in [0, 0.1) is 0 Å². The fourth-order valence-corrected chi connectivity index (χ4v) is 2.08. The van der Waals surface area contributed by atoms with Crippen molar-refractivity contribution in [3.05, 3.63) is 29.3 Å². The summed E-state index contributed by atoms with van der Waals surface area (Å²) in [5, 5.41) is 1.09. The molecule has 0 amide bonds. The average molecular weight is 298 g/mol. The first-order valence-electron chi connectivity index (χ1n) is 5.46. The Bertz CT molecular complexity index is 359. The molecule has 0 aliphatic rings. The van der Waals surface area contributed by atoms with E-state index in [1.807, 2.05) is 0 Å². The first kappa shape index (κ1) is 22.2. The van der Waals surface area contributed by atoms with E-state index >= 15 is 0 Å². The summed E-state index contributed by atoms with van der Waals surface area (Å²) >= 11 is 0. The summed E-state index contributed by atoms with van der Waals surface area (Å²) in [6, 6.07) is 6.59. The van der Waals surface area contributed by atoms with Crippen molar-refractivity contribution in [2.24, 2.45) is 0 Å². The summed E-state index contributed by atoms with van der Waals surface area (Å²) in [5.41, 5.74) is 3.09. The van der Waals surface area contributed by atoms with Gasteiger partial charge < -0.3 is 14.5 Å². The fourth-order valence-electron chi connectivity index (χ4n) is 1.60. The van der Waals surface area contributed by atoms with E-state index in [0.717, 1.165) is 5.30 Å². The molecule has 0 saturated carbocycles. The van der Waals surface area contributed by atoms with Gasteiger partial charge in [-0.1, -0.05) is 59.2 Å². The van der Waals surface area contributed by atoms with Crippen LogP contribution in [-0.4, -0.2) is 0 Å². The SMILES string of the molecule is CC(C)(C)c1ccc([P-2])c(C(C)(C)C)c1.[K+].[K+]. The Morgan fingerprint density at radius 3 is 1.65 bits per heavy atom. The first-order valence-corrected chi connectivity index (χ1v) is 5.91. The Hall–Kier alpha value is 2.92. The standard InChI is InChI=1S/C14H21P.2K/c1-13(2,3)10-7-8-12(15)11(9-10)14(4,5)6;;/h7-9H,1-6H3;;/q-2;2*+1. The Morgan fingerprint density at radius 1 is 0.824 bits per heavy atom. The zero-order valence-corrected chi connectivity index (χ0v) is 19.8. The van der Waals surface area contributed by atoms with Crippen molar-refractivity contribution in [2.75, 3.05) is 0 Å². The van der Waals surface area contributed by atoms with Gasteiger partial charge in [-0.3, -0.25) is 0 Å². The molecule has 1 aromatic rings. The van der Waals surface area contributed by atoms with Crippen LogP contribution in [0.15, 0.2) is 18.2 Å². The van der Waals surface area contributed by atoms with Gasteiger partial charge >= 0.3 is 103 Å². The molecule has 0 aliphatic heterocycles. The topological polar surface area (TPSA) is 0 Å². The molecule has 0 aliphatic carbocycles. The Labute approximate surface area is 195 Å². The van der Waals surface area contributed by atoms with E-state index in [0.29, 0.717) is 0 Å². The first-order chi connectivity index (χ1) is 6.62. The molecule has 0 bridgehead atoms. The molecule has 0 atom stereocenters. The number of hydrogen-bond donors (Lipinski definition) is 0. The molecule has 1 aromatic carbocycles. The molecule has 0 heterocycles. The van der Waals surface area contributed by atoms with Crippen molar-refractivity contribution in [3.63, 3.8) is 0 Å². The van der Waals surface area contributed by atoms with E-state index in [2.05, 4.69) is 69.0 Å². The van der Waals surface area contributed by atoms with Crippen molar-refractivity contribution >= 4 is 14.5 Å². The van der Waals surface area contributed by atoms with Gasteiger partial charge in [-0.15, -0.1) is 6.07 Å². The summed E-state index contributed by atoms with van der Waals surface area (Å²) < 4.78 is 0. The van der Waals surface area contributed by atoms with Crippen molar-refractivity contribution in [3.8, 4) is 0 Å². The van der Waals surface area contributed by atoms with Gasteiger partial charge in [0.2, 0.25) is 0 Å². The van der Waals surface area contributed by atoms with Crippen molar-refractivity contribution in [2.45, 2.75) is 52.4 Å². The Balaban J connectivity index is 0. The predicted octanol–water partition coefficient (Wildman–Crippen LogP) is -1.67. The molecule has 0 N–H and O–H groups in total. The summed E-state index contributed by atoms with van der Waals surface area (Å²) in [4.78, 5) is 0. The van der Waals surface area contributed by atoms with Crippen molar-refractivity contribution in [1.82, 2.24) is 0 Å². The van der Waals surface area contributed by atoms with E-state index in [-0.39, 0.29) is 114 Å². The molecule has 0 fully saturated rings. The molecule has 0 nitrogen and oxygen atoms in total. The van der Waals surface area contributed by atoms with Gasteiger partial charge in [-0.2, -0.15) is 0 Å². The number of benzene rings is 1. The van der Waals surface area contributed by atoms with Crippen molar-refractivity contribution < 1.29 is 103 Å². The Morgan fingerprint density at radius 2 is 1.29 bits per heavy atom. The zero-order chi connectivity index (χ0) is 11.9. The van der Waals surface area contributed by atoms with Crippen LogP contribution < -0.4 is 108 Å². The number of hydrogen-bond acceptors (Lipinski definition) is 0. The second-order valence-electron chi connectivity index (χ2n) is 6.23. The third-order valence-electron chi connectivity index (χ3n) is 2.67. The van der Waals surface area contributed by atoms with E-state index in [9.17, 15) is 0 Å². The smallest absolute Gasteiger partial charge is 1.00 e. The maximum atomic E-state index is 4.53. The van der Waals surface area contributed by atoms with Gasteiger partial charge in [0.1, 0.15) is 0 Å². The second-order valence-corrected chi connectivity index (χ2v) is 6.71. The largest absolute Gasteiger partial charge is 1.45 e. The molecule has 17 heavy (non-hydrogen) atoms. The molecule has 84 valence electrons. The molecule has 0 saturated heterocycles. The summed E-state index contributed by atoms with van der Waals surface area (Å²) in [7, 11) is 4.53. The van der Waals surface area contributed by atoms with E-state index in [1.54, 1.807) is 0 Å². The van der Waals surface area contributed by atoms with E-state index in [4.69, 9.17) is 0 Å². The predicted molar refractivity (Wildman–Crippen MR) is 70.4 cm³/mol. The van der Waals surface area contributed by atoms with Crippen LogP contribution in [0.25, 0.3) is 0 Å². The van der Waals surface area contributed by atoms with E-state index < -0.39 is 0 Å². The van der Waals surface area contributed by atoms with Gasteiger partial charge in [0.25, 0.3) is 0 Å². The minimum absolute atomic E-state index is 0. The van der Waals surface area contributed by atoms with E-state index in [1.165, 1.54) is 11.1 Å². The van der Waals surface area contributed by atoms with Crippen LogP contribution >= 0.6 is 9.24 Å². The summed E-state index contributed by atoms with van der Waals surface area (Å²) in [6.45, 7) is 13.4. The molecule has 0 aromatic heterocycles. The van der Waals surface area contributed by atoms with Crippen LogP contribution in [0.3, 0.4) is 0 Å². The maximum absolute atomic E-state index is 4.53. The van der Waals surface area contributed by atoms with Gasteiger partial charge in [-0.05, 0) is 16.4 Å². The monoisotopic (exact) mass is 298 g/mol. The summed E-state index contributed by atoms with van der Waals surface area (Å²) in [5.74, 6) is 0. The summed E-state index contributed by atoms with van der Waals surface area (Å²) in [6.07, 6.45) is 0. The van der Waals surface area contributed by atoms with Crippen LogP contribution in [0.2, 0.25) is 0 Å². The van der Waals surface area contributed by atoms with Gasteiger partial charge in [0, 0.05) is 0 Å². The molecule has 0 spiro atoms. The third kappa shape index (κ3) is 6.95. The number of rotatable bonds is 0. The molecule has 1 rings (SSSR count). The van der Waals surface area contributed by atoms with Crippen LogP contribution in [0.4, 0.5) is 0 Å². The van der Waals surface area contributed by atoms with Crippen LogP contribution in [-0.2, 0) is 10.8 Å². The Kier molecular flexibility index (Phi) is 11.0. The second kappa shape index (κ2) is 8.39. The van der Waals surface area contributed by atoms with Gasteiger partial charge in [0.15, 0.2) is 0 Å². The molecule has 0 unspecified atom stereocenters. The zero-order valence-electron chi connectivity index (χ0n) is 12.7. The molecular weight excluding hydrogens is 277 g/mol.